The van der Waals surface area contributed by atoms with Crippen molar-refractivity contribution in [1.82, 2.24) is 10.2 Å². The smallest absolute Gasteiger partial charge is 0.252 e. The standard InChI is InChI=1S/C20H26N2O/c1-4-14-22(15-5-2)20(23)18-12-9-13-19(18)21-16(3)17-10-7-6-8-11-17/h4-8,10-11,16,21H,1-2,9,12-15H2,3H3/t16-/m1/s1. The van der Waals surface area contributed by atoms with Gasteiger partial charge in [-0.15, -0.1) is 13.2 Å². The van der Waals surface area contributed by atoms with Gasteiger partial charge in [-0.25, -0.2) is 0 Å². The molecule has 0 unspecified atom stereocenters. The Labute approximate surface area is 139 Å². The second kappa shape index (κ2) is 8.37. The largest absolute Gasteiger partial charge is 0.381 e. The Morgan fingerprint density at radius 1 is 1.22 bits per heavy atom. The minimum atomic E-state index is 0.102. The zero-order valence-corrected chi connectivity index (χ0v) is 13.9. The van der Waals surface area contributed by atoms with Crippen molar-refractivity contribution in [3.05, 3.63) is 72.5 Å². The van der Waals surface area contributed by atoms with Gasteiger partial charge in [-0.1, -0.05) is 42.5 Å². The molecule has 0 heterocycles. The summed E-state index contributed by atoms with van der Waals surface area (Å²) in [7, 11) is 0. The van der Waals surface area contributed by atoms with Gasteiger partial charge in [0.25, 0.3) is 5.91 Å². The van der Waals surface area contributed by atoms with Crippen LogP contribution < -0.4 is 5.32 Å². The van der Waals surface area contributed by atoms with Gasteiger partial charge >= 0.3 is 0 Å². The molecule has 0 radical (unpaired) electrons. The molecule has 0 aliphatic heterocycles. The second-order valence-electron chi connectivity index (χ2n) is 5.87. The van der Waals surface area contributed by atoms with Gasteiger partial charge in [0, 0.05) is 30.4 Å². The van der Waals surface area contributed by atoms with Crippen LogP contribution in [0.5, 0.6) is 0 Å². The Balaban J connectivity index is 2.15. The Morgan fingerprint density at radius 3 is 2.48 bits per heavy atom. The van der Waals surface area contributed by atoms with Crippen molar-refractivity contribution in [3.63, 3.8) is 0 Å². The molecule has 1 aliphatic carbocycles. The molecule has 1 aromatic carbocycles. The van der Waals surface area contributed by atoms with Crippen molar-refractivity contribution in [2.45, 2.75) is 32.2 Å². The third kappa shape index (κ3) is 4.35. The highest BCUT2D eigenvalue weighted by Gasteiger charge is 2.25. The topological polar surface area (TPSA) is 32.3 Å². The van der Waals surface area contributed by atoms with E-state index in [2.05, 4.69) is 37.5 Å². The van der Waals surface area contributed by atoms with Crippen LogP contribution in [0, 0.1) is 0 Å². The lowest BCUT2D eigenvalue weighted by molar-refractivity contribution is -0.126. The average molecular weight is 310 g/mol. The predicted octanol–water partition coefficient (Wildman–Crippen LogP) is 3.98. The first-order valence-corrected chi connectivity index (χ1v) is 8.22. The Hall–Kier alpha value is -2.29. The highest BCUT2D eigenvalue weighted by atomic mass is 16.2. The number of nitrogens with one attached hydrogen (secondary N) is 1. The maximum Gasteiger partial charge on any atom is 0.252 e. The zero-order valence-electron chi connectivity index (χ0n) is 13.9. The van der Waals surface area contributed by atoms with Crippen molar-refractivity contribution in [1.29, 1.82) is 0 Å². The number of benzene rings is 1. The molecule has 0 saturated carbocycles. The van der Waals surface area contributed by atoms with E-state index in [9.17, 15) is 4.79 Å². The minimum absolute atomic E-state index is 0.102. The summed E-state index contributed by atoms with van der Waals surface area (Å²) in [6.45, 7) is 10.7. The zero-order chi connectivity index (χ0) is 16.7. The monoisotopic (exact) mass is 310 g/mol. The minimum Gasteiger partial charge on any atom is -0.381 e. The fourth-order valence-electron chi connectivity index (χ4n) is 2.97. The van der Waals surface area contributed by atoms with Crippen LogP contribution in [0.4, 0.5) is 0 Å². The fraction of sp³-hybridized carbons (Fsp3) is 0.350. The van der Waals surface area contributed by atoms with E-state index in [1.54, 1.807) is 17.1 Å². The van der Waals surface area contributed by atoms with Crippen molar-refractivity contribution in [2.75, 3.05) is 13.1 Å². The number of hydrogen-bond acceptors (Lipinski definition) is 2. The summed E-state index contributed by atoms with van der Waals surface area (Å²) in [6.07, 6.45) is 6.33. The number of hydrogen-bond donors (Lipinski definition) is 1. The van der Waals surface area contributed by atoms with Crippen molar-refractivity contribution in [3.8, 4) is 0 Å². The van der Waals surface area contributed by atoms with Gasteiger partial charge < -0.3 is 10.2 Å². The molecule has 1 amide bonds. The summed E-state index contributed by atoms with van der Waals surface area (Å²) < 4.78 is 0. The molecular formula is C20H26N2O. The molecule has 0 saturated heterocycles. The molecule has 122 valence electrons. The average Bonchev–Trinajstić information content (AvgIpc) is 3.03. The number of carbonyl (C=O) groups excluding carboxylic acids is 1. The third-order valence-corrected chi connectivity index (χ3v) is 4.15. The van der Waals surface area contributed by atoms with Crippen LogP contribution in [0.2, 0.25) is 0 Å². The van der Waals surface area contributed by atoms with Gasteiger partial charge in [-0.2, -0.15) is 0 Å². The molecule has 3 nitrogen and oxygen atoms in total. The number of nitrogens with zero attached hydrogens (tertiary/aromatic N) is 1. The first-order chi connectivity index (χ1) is 11.2. The van der Waals surface area contributed by atoms with Gasteiger partial charge in [0.1, 0.15) is 0 Å². The Morgan fingerprint density at radius 2 is 1.87 bits per heavy atom. The van der Waals surface area contributed by atoms with E-state index in [-0.39, 0.29) is 11.9 Å². The highest BCUT2D eigenvalue weighted by molar-refractivity contribution is 5.94. The van der Waals surface area contributed by atoms with E-state index in [1.807, 2.05) is 18.2 Å². The third-order valence-electron chi connectivity index (χ3n) is 4.15. The molecule has 1 atom stereocenters. The number of carbonyl (C=O) groups is 1. The molecule has 23 heavy (non-hydrogen) atoms. The van der Waals surface area contributed by atoms with E-state index < -0.39 is 0 Å². The first-order valence-electron chi connectivity index (χ1n) is 8.22. The van der Waals surface area contributed by atoms with Gasteiger partial charge in [0.05, 0.1) is 0 Å². The van der Waals surface area contributed by atoms with Crippen LogP contribution in [0.15, 0.2) is 66.9 Å². The Kier molecular flexibility index (Phi) is 6.21. The van der Waals surface area contributed by atoms with Crippen LogP contribution >= 0.6 is 0 Å². The number of allylic oxidation sites excluding steroid dienone is 1. The maximum absolute atomic E-state index is 12.8. The second-order valence-corrected chi connectivity index (χ2v) is 5.87. The van der Waals surface area contributed by atoms with Gasteiger partial charge in [0.15, 0.2) is 0 Å². The van der Waals surface area contributed by atoms with Gasteiger partial charge in [0.2, 0.25) is 0 Å². The van der Waals surface area contributed by atoms with E-state index in [1.165, 1.54) is 5.56 Å². The lowest BCUT2D eigenvalue weighted by Crippen LogP contribution is -2.33. The first kappa shape index (κ1) is 17.1. The summed E-state index contributed by atoms with van der Waals surface area (Å²) in [6, 6.07) is 10.5. The summed E-state index contributed by atoms with van der Waals surface area (Å²) in [4.78, 5) is 14.6. The molecule has 1 N–H and O–H groups in total. The van der Waals surface area contributed by atoms with Gasteiger partial charge in [-0.05, 0) is 31.7 Å². The van der Waals surface area contributed by atoms with Crippen LogP contribution in [-0.4, -0.2) is 23.9 Å². The summed E-state index contributed by atoms with van der Waals surface area (Å²) >= 11 is 0. The molecule has 0 bridgehead atoms. The summed E-state index contributed by atoms with van der Waals surface area (Å²) in [5.41, 5.74) is 3.23. The van der Waals surface area contributed by atoms with Crippen LogP contribution in [0.25, 0.3) is 0 Å². The molecular weight excluding hydrogens is 284 g/mol. The quantitative estimate of drug-likeness (QED) is 0.737. The lowest BCUT2D eigenvalue weighted by Gasteiger charge is -2.22. The van der Waals surface area contributed by atoms with Crippen LogP contribution in [0.1, 0.15) is 37.8 Å². The number of amides is 1. The molecule has 0 spiro atoms. The van der Waals surface area contributed by atoms with Crippen molar-refractivity contribution < 1.29 is 4.79 Å². The predicted molar refractivity (Wildman–Crippen MR) is 95.8 cm³/mol. The van der Waals surface area contributed by atoms with Crippen molar-refractivity contribution in [2.24, 2.45) is 0 Å². The molecule has 2 rings (SSSR count). The van der Waals surface area contributed by atoms with E-state index in [4.69, 9.17) is 0 Å². The van der Waals surface area contributed by atoms with Crippen LogP contribution in [-0.2, 0) is 4.79 Å². The molecule has 0 aromatic heterocycles. The molecule has 1 aliphatic rings. The SMILES string of the molecule is C=CCN(CC=C)C(=O)C1=C(N[C@H](C)c2ccccc2)CCC1. The maximum atomic E-state index is 12.8. The van der Waals surface area contributed by atoms with E-state index in [0.717, 1.165) is 30.5 Å². The normalized spacial score (nSPS) is 15.2. The molecule has 1 aromatic rings. The highest BCUT2D eigenvalue weighted by Crippen LogP contribution is 2.28. The fourth-order valence-corrected chi connectivity index (χ4v) is 2.97. The summed E-state index contributed by atoms with van der Waals surface area (Å²) in [5, 5.41) is 3.55. The van der Waals surface area contributed by atoms with E-state index >= 15 is 0 Å². The lowest BCUT2D eigenvalue weighted by atomic mass is 10.1. The van der Waals surface area contributed by atoms with Crippen LogP contribution in [0.3, 0.4) is 0 Å². The van der Waals surface area contributed by atoms with E-state index in [0.29, 0.717) is 13.1 Å². The van der Waals surface area contributed by atoms with Crippen molar-refractivity contribution >= 4 is 5.91 Å². The summed E-state index contributed by atoms with van der Waals surface area (Å²) in [5.74, 6) is 0.102. The molecule has 3 heteroatoms. The Bertz CT molecular complexity index is 579. The number of rotatable bonds is 8. The molecule has 0 fully saturated rings. The van der Waals surface area contributed by atoms with Gasteiger partial charge in [-0.3, -0.25) is 4.79 Å².